The van der Waals surface area contributed by atoms with Gasteiger partial charge >= 0.3 is 0 Å². The van der Waals surface area contributed by atoms with Crippen LogP contribution >= 0.6 is 0 Å². The van der Waals surface area contributed by atoms with Crippen molar-refractivity contribution < 1.29 is 4.42 Å². The maximum Gasteiger partial charge on any atom is 0.143 e. The van der Waals surface area contributed by atoms with E-state index in [1.807, 2.05) is 0 Å². The van der Waals surface area contributed by atoms with Gasteiger partial charge in [0.2, 0.25) is 0 Å². The predicted octanol–water partition coefficient (Wildman–Crippen LogP) is 14.7. The molecule has 0 atom stereocenters. The van der Waals surface area contributed by atoms with Crippen LogP contribution in [-0.2, 0) is 11.8 Å². The Labute approximate surface area is 337 Å². The second kappa shape index (κ2) is 12.8. The fourth-order valence-corrected chi connectivity index (χ4v) is 10.1. The Kier molecular flexibility index (Phi) is 7.24. The van der Waals surface area contributed by atoms with Crippen molar-refractivity contribution in [3.63, 3.8) is 0 Å². The molecule has 272 valence electrons. The lowest BCUT2D eigenvalue weighted by molar-refractivity contribution is 0.670. The van der Waals surface area contributed by atoms with Crippen LogP contribution in [-0.4, -0.2) is 0 Å². The van der Waals surface area contributed by atoms with Crippen molar-refractivity contribution in [3.8, 4) is 33.4 Å². The number of anilines is 3. The van der Waals surface area contributed by atoms with E-state index in [9.17, 15) is 0 Å². The molecule has 0 radical (unpaired) electrons. The van der Waals surface area contributed by atoms with Crippen molar-refractivity contribution in [2.75, 3.05) is 4.90 Å². The molecule has 0 amide bonds. The fourth-order valence-electron chi connectivity index (χ4n) is 10.1. The maximum atomic E-state index is 6.67. The number of benzene rings is 9. The van der Waals surface area contributed by atoms with Crippen LogP contribution in [0.15, 0.2) is 217 Å². The second-order valence-corrected chi connectivity index (χ2v) is 15.6. The molecule has 1 aromatic heterocycles. The van der Waals surface area contributed by atoms with E-state index < -0.39 is 5.41 Å². The van der Waals surface area contributed by atoms with Crippen LogP contribution in [0.4, 0.5) is 17.1 Å². The molecular formula is C56H37NO. The second-order valence-electron chi connectivity index (χ2n) is 15.6. The van der Waals surface area contributed by atoms with Gasteiger partial charge in [0, 0.05) is 33.4 Å². The minimum atomic E-state index is -0.450. The molecule has 2 aliphatic carbocycles. The van der Waals surface area contributed by atoms with Crippen LogP contribution in [0, 0.1) is 0 Å². The van der Waals surface area contributed by atoms with Crippen LogP contribution in [0.3, 0.4) is 0 Å². The zero-order valence-corrected chi connectivity index (χ0v) is 31.8. The van der Waals surface area contributed by atoms with E-state index in [0.717, 1.165) is 56.5 Å². The number of hydrogen-bond donors (Lipinski definition) is 0. The average Bonchev–Trinajstić information content (AvgIpc) is 3.81. The van der Waals surface area contributed by atoms with Gasteiger partial charge in [0.05, 0.1) is 5.41 Å². The fraction of sp³-hybridized carbons (Fsp3) is 0.0357. The summed E-state index contributed by atoms with van der Waals surface area (Å²) in [6.07, 6.45) is 0.926. The standard InChI is InChI=1S/C56H37NO/c1-3-14-37(15-4-1)38-26-28-42(29-27-38)57(43-31-33-54-49(35-43)48-22-13-21-45(55(48)58-54)39-16-5-2-6-17-39)44-30-32-47-46-20-9-12-25-52(46)56(53(47)36-44)50-23-10-7-18-40(50)34-41-19-8-11-24-51(41)56/h1-33,35-36H,34H2. The minimum Gasteiger partial charge on any atom is -0.455 e. The van der Waals surface area contributed by atoms with E-state index in [-0.39, 0.29) is 0 Å². The van der Waals surface area contributed by atoms with E-state index in [1.54, 1.807) is 0 Å². The molecule has 10 aromatic rings. The highest BCUT2D eigenvalue weighted by molar-refractivity contribution is 6.11. The van der Waals surface area contributed by atoms with Gasteiger partial charge < -0.3 is 9.32 Å². The third kappa shape index (κ3) is 4.79. The van der Waals surface area contributed by atoms with Gasteiger partial charge in [0.25, 0.3) is 0 Å². The van der Waals surface area contributed by atoms with E-state index in [0.29, 0.717) is 0 Å². The summed E-state index contributed by atoms with van der Waals surface area (Å²) < 4.78 is 6.67. The number of nitrogens with zero attached hydrogens (tertiary/aromatic N) is 1. The van der Waals surface area contributed by atoms with Crippen LogP contribution in [0.5, 0.6) is 0 Å². The predicted molar refractivity (Wildman–Crippen MR) is 239 cm³/mol. The Morgan fingerprint density at radius 1 is 0.362 bits per heavy atom. The van der Waals surface area contributed by atoms with Gasteiger partial charge in [0.15, 0.2) is 0 Å². The molecule has 9 aromatic carbocycles. The van der Waals surface area contributed by atoms with Gasteiger partial charge in [-0.3, -0.25) is 0 Å². The number of para-hydroxylation sites is 1. The minimum absolute atomic E-state index is 0.450. The highest BCUT2D eigenvalue weighted by Gasteiger charge is 2.49. The molecule has 58 heavy (non-hydrogen) atoms. The van der Waals surface area contributed by atoms with Gasteiger partial charge in [-0.15, -0.1) is 0 Å². The zero-order valence-electron chi connectivity index (χ0n) is 31.8. The highest BCUT2D eigenvalue weighted by atomic mass is 16.3. The molecule has 2 nitrogen and oxygen atoms in total. The van der Waals surface area contributed by atoms with Gasteiger partial charge in [-0.1, -0.05) is 170 Å². The molecule has 0 N–H and O–H groups in total. The first-order chi connectivity index (χ1) is 28.8. The molecule has 2 aliphatic rings. The first-order valence-electron chi connectivity index (χ1n) is 20.1. The lowest BCUT2D eigenvalue weighted by Gasteiger charge is -2.40. The number of rotatable bonds is 5. The van der Waals surface area contributed by atoms with E-state index in [2.05, 4.69) is 217 Å². The molecule has 0 unspecified atom stereocenters. The topological polar surface area (TPSA) is 16.4 Å². The smallest absolute Gasteiger partial charge is 0.143 e. The molecular weight excluding hydrogens is 703 g/mol. The molecule has 2 heteroatoms. The summed E-state index contributed by atoms with van der Waals surface area (Å²) in [6, 6.07) is 77.7. The first-order valence-corrected chi connectivity index (χ1v) is 20.1. The molecule has 1 heterocycles. The molecule has 0 fully saturated rings. The van der Waals surface area contributed by atoms with Crippen molar-refractivity contribution in [2.24, 2.45) is 0 Å². The molecule has 12 rings (SSSR count). The van der Waals surface area contributed by atoms with Gasteiger partial charge in [-0.05, 0) is 110 Å². The van der Waals surface area contributed by atoms with Gasteiger partial charge in [0.1, 0.15) is 11.2 Å². The molecule has 0 aliphatic heterocycles. The number of furan rings is 1. The largest absolute Gasteiger partial charge is 0.455 e. The molecule has 0 saturated heterocycles. The Hall–Kier alpha value is -7.42. The maximum absolute atomic E-state index is 6.67. The van der Waals surface area contributed by atoms with Crippen molar-refractivity contribution in [1.82, 2.24) is 0 Å². The van der Waals surface area contributed by atoms with E-state index in [4.69, 9.17) is 4.42 Å². The summed E-state index contributed by atoms with van der Waals surface area (Å²) in [6.45, 7) is 0. The number of hydrogen-bond acceptors (Lipinski definition) is 2. The molecule has 0 saturated carbocycles. The highest BCUT2D eigenvalue weighted by Crippen LogP contribution is 2.60. The summed E-state index contributed by atoms with van der Waals surface area (Å²) in [7, 11) is 0. The number of fused-ring (bicyclic) bond motifs is 12. The van der Waals surface area contributed by atoms with Gasteiger partial charge in [-0.25, -0.2) is 0 Å². The molecule has 1 spiro atoms. The SMILES string of the molecule is c1ccc(-c2ccc(N(c3ccc4c(c3)C3(c5ccccc5Cc5ccccc53)c3ccccc3-4)c3ccc4oc5c(-c6ccccc6)cccc5c4c3)cc2)cc1. The summed E-state index contributed by atoms with van der Waals surface area (Å²) >= 11 is 0. The van der Waals surface area contributed by atoms with Gasteiger partial charge in [-0.2, -0.15) is 0 Å². The zero-order chi connectivity index (χ0) is 38.2. The summed E-state index contributed by atoms with van der Waals surface area (Å²) in [5.74, 6) is 0. The van der Waals surface area contributed by atoms with Crippen LogP contribution < -0.4 is 4.90 Å². The van der Waals surface area contributed by atoms with Crippen LogP contribution in [0.25, 0.3) is 55.3 Å². The lowest BCUT2D eigenvalue weighted by Crippen LogP contribution is -2.34. The summed E-state index contributed by atoms with van der Waals surface area (Å²) in [5, 5.41) is 2.20. The lowest BCUT2D eigenvalue weighted by atomic mass is 9.61. The Balaban J connectivity index is 1.10. The average molecular weight is 740 g/mol. The van der Waals surface area contributed by atoms with Crippen LogP contribution in [0.2, 0.25) is 0 Å². The Bertz CT molecular complexity index is 3150. The van der Waals surface area contributed by atoms with Crippen molar-refractivity contribution in [2.45, 2.75) is 11.8 Å². The Morgan fingerprint density at radius 2 is 0.914 bits per heavy atom. The van der Waals surface area contributed by atoms with E-state index >= 15 is 0 Å². The van der Waals surface area contributed by atoms with Crippen molar-refractivity contribution >= 4 is 39.0 Å². The Morgan fingerprint density at radius 3 is 1.66 bits per heavy atom. The van der Waals surface area contributed by atoms with Crippen molar-refractivity contribution in [1.29, 1.82) is 0 Å². The van der Waals surface area contributed by atoms with Crippen LogP contribution in [0.1, 0.15) is 33.4 Å². The molecule has 0 bridgehead atoms. The third-order valence-corrected chi connectivity index (χ3v) is 12.6. The quantitative estimate of drug-likeness (QED) is 0.175. The monoisotopic (exact) mass is 739 g/mol. The normalized spacial score (nSPS) is 13.2. The summed E-state index contributed by atoms with van der Waals surface area (Å²) in [5.41, 5.74) is 20.0. The first kappa shape index (κ1) is 32.8. The van der Waals surface area contributed by atoms with Crippen molar-refractivity contribution in [3.05, 3.63) is 246 Å². The third-order valence-electron chi connectivity index (χ3n) is 12.6. The summed E-state index contributed by atoms with van der Waals surface area (Å²) in [4.78, 5) is 2.42. The van der Waals surface area contributed by atoms with E-state index in [1.165, 1.54) is 55.6 Å².